The van der Waals surface area contributed by atoms with E-state index < -0.39 is 0 Å². The smallest absolute Gasteiger partial charge is 0.119 e. The molecule has 1 aromatic carbocycles. The van der Waals surface area contributed by atoms with E-state index in [-0.39, 0.29) is 6.10 Å². The van der Waals surface area contributed by atoms with Crippen molar-refractivity contribution in [3.63, 3.8) is 0 Å². The summed E-state index contributed by atoms with van der Waals surface area (Å²) in [6, 6.07) is 10.8. The van der Waals surface area contributed by atoms with Gasteiger partial charge in [-0.3, -0.25) is 9.58 Å². The van der Waals surface area contributed by atoms with Crippen molar-refractivity contribution in [2.45, 2.75) is 50.9 Å². The highest BCUT2D eigenvalue weighted by molar-refractivity contribution is 5.28. The summed E-state index contributed by atoms with van der Waals surface area (Å²) in [5.74, 6) is 0.901. The number of ether oxygens (including phenoxy) is 1. The molecule has 1 aromatic heterocycles. The number of hydrogen-bond donors (Lipinski definition) is 1. The fourth-order valence-electron chi connectivity index (χ4n) is 3.48. The average Bonchev–Trinajstić information content (AvgIpc) is 3.13. The van der Waals surface area contributed by atoms with E-state index in [4.69, 9.17) is 4.74 Å². The van der Waals surface area contributed by atoms with Crippen LogP contribution in [0.3, 0.4) is 0 Å². The minimum Gasteiger partial charge on any atom is -0.497 e. The van der Waals surface area contributed by atoms with Gasteiger partial charge in [0.05, 0.1) is 19.8 Å². The molecule has 2 aromatic rings. The zero-order chi connectivity index (χ0) is 16.8. The maximum Gasteiger partial charge on any atom is 0.119 e. The van der Waals surface area contributed by atoms with Gasteiger partial charge in [-0.2, -0.15) is 5.10 Å². The third kappa shape index (κ3) is 4.58. The van der Waals surface area contributed by atoms with Crippen molar-refractivity contribution in [3.8, 4) is 5.75 Å². The van der Waals surface area contributed by atoms with E-state index in [1.807, 2.05) is 35.3 Å². The van der Waals surface area contributed by atoms with Crippen molar-refractivity contribution in [3.05, 3.63) is 48.3 Å². The summed E-state index contributed by atoms with van der Waals surface area (Å²) in [7, 11) is 1.71. The fraction of sp³-hybridized carbons (Fsp3) is 0.526. The van der Waals surface area contributed by atoms with Crippen LogP contribution in [-0.2, 0) is 13.1 Å². The van der Waals surface area contributed by atoms with Gasteiger partial charge in [0.1, 0.15) is 5.75 Å². The molecule has 0 spiro atoms. The first-order valence-electron chi connectivity index (χ1n) is 8.77. The molecule has 0 aliphatic heterocycles. The third-order valence-electron chi connectivity index (χ3n) is 4.88. The van der Waals surface area contributed by atoms with Crippen LogP contribution in [0.5, 0.6) is 5.75 Å². The second-order valence-corrected chi connectivity index (χ2v) is 6.55. The largest absolute Gasteiger partial charge is 0.497 e. The molecule has 3 rings (SSSR count). The molecule has 5 heteroatoms. The molecule has 0 amide bonds. The molecule has 1 fully saturated rings. The minimum absolute atomic E-state index is 0.119. The first kappa shape index (κ1) is 17.0. The Morgan fingerprint density at radius 2 is 2.08 bits per heavy atom. The van der Waals surface area contributed by atoms with Crippen molar-refractivity contribution in [1.82, 2.24) is 14.7 Å². The van der Waals surface area contributed by atoms with Gasteiger partial charge >= 0.3 is 0 Å². The van der Waals surface area contributed by atoms with Gasteiger partial charge in [0, 0.05) is 31.5 Å². The number of aliphatic hydroxyl groups excluding tert-OH is 1. The summed E-state index contributed by atoms with van der Waals surface area (Å²) < 4.78 is 7.33. The topological polar surface area (TPSA) is 50.5 Å². The lowest BCUT2D eigenvalue weighted by Gasteiger charge is -2.36. The van der Waals surface area contributed by atoms with E-state index in [9.17, 15) is 5.11 Å². The second kappa shape index (κ2) is 8.31. The standard InChI is InChI=1S/C19H27N3O2/c1-24-19-5-2-4-16(14-19)15-21(12-13-22-11-3-10-20-22)17-6-8-18(23)9-7-17/h2-5,10-11,14,17-18,23H,6-9,12-13,15H2,1H3. The van der Waals surface area contributed by atoms with Gasteiger partial charge in [-0.15, -0.1) is 0 Å². The Bertz CT molecular complexity index is 607. The highest BCUT2D eigenvalue weighted by Gasteiger charge is 2.25. The maximum absolute atomic E-state index is 9.80. The van der Waals surface area contributed by atoms with Crippen LogP contribution < -0.4 is 4.74 Å². The Labute approximate surface area is 143 Å². The highest BCUT2D eigenvalue weighted by atomic mass is 16.5. The van der Waals surface area contributed by atoms with E-state index >= 15 is 0 Å². The van der Waals surface area contributed by atoms with Gasteiger partial charge in [0.15, 0.2) is 0 Å². The number of benzene rings is 1. The number of rotatable bonds is 7. The summed E-state index contributed by atoms with van der Waals surface area (Å²) in [5.41, 5.74) is 1.26. The molecule has 130 valence electrons. The number of methoxy groups -OCH3 is 1. The quantitative estimate of drug-likeness (QED) is 0.848. The molecule has 1 aliphatic rings. The van der Waals surface area contributed by atoms with Crippen LogP contribution in [-0.4, -0.2) is 45.6 Å². The lowest BCUT2D eigenvalue weighted by molar-refractivity contribution is 0.0680. The van der Waals surface area contributed by atoms with Crippen LogP contribution in [0.2, 0.25) is 0 Å². The zero-order valence-electron chi connectivity index (χ0n) is 14.3. The number of aromatic nitrogens is 2. The molecule has 5 nitrogen and oxygen atoms in total. The van der Waals surface area contributed by atoms with Gasteiger partial charge < -0.3 is 9.84 Å². The summed E-state index contributed by atoms with van der Waals surface area (Å²) >= 11 is 0. The Hall–Kier alpha value is -1.85. The molecule has 1 saturated carbocycles. The monoisotopic (exact) mass is 329 g/mol. The fourth-order valence-corrected chi connectivity index (χ4v) is 3.48. The van der Waals surface area contributed by atoms with E-state index in [1.54, 1.807) is 7.11 Å². The summed E-state index contributed by atoms with van der Waals surface area (Å²) in [6.07, 6.45) is 7.64. The number of hydrogen-bond acceptors (Lipinski definition) is 4. The molecule has 0 saturated heterocycles. The Morgan fingerprint density at radius 3 is 2.79 bits per heavy atom. The van der Waals surface area contributed by atoms with Crippen LogP contribution in [0.1, 0.15) is 31.2 Å². The Kier molecular flexibility index (Phi) is 5.88. The van der Waals surface area contributed by atoms with Gasteiger partial charge in [-0.05, 0) is 49.4 Å². The van der Waals surface area contributed by atoms with Crippen LogP contribution >= 0.6 is 0 Å². The first-order valence-corrected chi connectivity index (χ1v) is 8.77. The van der Waals surface area contributed by atoms with Crippen molar-refractivity contribution >= 4 is 0 Å². The SMILES string of the molecule is COc1cccc(CN(CCn2cccn2)C2CCC(O)CC2)c1. The first-order chi connectivity index (χ1) is 11.7. The average molecular weight is 329 g/mol. The van der Waals surface area contributed by atoms with E-state index in [1.165, 1.54) is 5.56 Å². The summed E-state index contributed by atoms with van der Waals surface area (Å²) in [5, 5.41) is 14.1. The van der Waals surface area contributed by atoms with E-state index in [0.717, 1.165) is 51.1 Å². The van der Waals surface area contributed by atoms with E-state index in [2.05, 4.69) is 22.1 Å². The molecule has 0 bridgehead atoms. The summed E-state index contributed by atoms with van der Waals surface area (Å²) in [4.78, 5) is 2.53. The van der Waals surface area contributed by atoms with Gasteiger partial charge in [-0.1, -0.05) is 12.1 Å². The maximum atomic E-state index is 9.80. The van der Waals surface area contributed by atoms with E-state index in [0.29, 0.717) is 6.04 Å². The molecule has 0 atom stereocenters. The molecule has 1 N–H and O–H groups in total. The molecule has 0 unspecified atom stereocenters. The van der Waals surface area contributed by atoms with Crippen LogP contribution in [0, 0.1) is 0 Å². The molecule has 24 heavy (non-hydrogen) atoms. The molecule has 1 aliphatic carbocycles. The zero-order valence-corrected chi connectivity index (χ0v) is 14.3. The van der Waals surface area contributed by atoms with Crippen LogP contribution in [0.15, 0.2) is 42.7 Å². The van der Waals surface area contributed by atoms with Crippen LogP contribution in [0.4, 0.5) is 0 Å². The lowest BCUT2D eigenvalue weighted by Crippen LogP contribution is -2.40. The van der Waals surface area contributed by atoms with Crippen molar-refractivity contribution in [2.24, 2.45) is 0 Å². The third-order valence-corrected chi connectivity index (χ3v) is 4.88. The molecule has 1 heterocycles. The van der Waals surface area contributed by atoms with Gasteiger partial charge in [0.2, 0.25) is 0 Å². The molecule has 0 radical (unpaired) electrons. The Morgan fingerprint density at radius 1 is 1.25 bits per heavy atom. The molecular weight excluding hydrogens is 302 g/mol. The van der Waals surface area contributed by atoms with Gasteiger partial charge in [0.25, 0.3) is 0 Å². The number of aliphatic hydroxyl groups is 1. The second-order valence-electron chi connectivity index (χ2n) is 6.55. The van der Waals surface area contributed by atoms with Crippen molar-refractivity contribution in [2.75, 3.05) is 13.7 Å². The molecular formula is C19H27N3O2. The predicted molar refractivity (Wildman–Crippen MR) is 93.9 cm³/mol. The van der Waals surface area contributed by atoms with Crippen LogP contribution in [0.25, 0.3) is 0 Å². The Balaban J connectivity index is 1.68. The normalized spacial score (nSPS) is 21.1. The lowest BCUT2D eigenvalue weighted by atomic mass is 9.91. The predicted octanol–water partition coefficient (Wildman–Crippen LogP) is 2.70. The van der Waals surface area contributed by atoms with Crippen molar-refractivity contribution < 1.29 is 9.84 Å². The number of nitrogens with zero attached hydrogens (tertiary/aromatic N) is 3. The van der Waals surface area contributed by atoms with Gasteiger partial charge in [-0.25, -0.2) is 0 Å². The van der Waals surface area contributed by atoms with Crippen molar-refractivity contribution in [1.29, 1.82) is 0 Å². The minimum atomic E-state index is -0.119. The summed E-state index contributed by atoms with van der Waals surface area (Å²) in [6.45, 7) is 2.74. The highest BCUT2D eigenvalue weighted by Crippen LogP contribution is 2.25.